The second-order valence-electron chi connectivity index (χ2n) is 6.81. The van der Waals surface area contributed by atoms with Gasteiger partial charge < -0.3 is 21.7 Å². The van der Waals surface area contributed by atoms with E-state index in [0.29, 0.717) is 12.1 Å². The Morgan fingerprint density at radius 1 is 1.07 bits per heavy atom. The third-order valence-corrected chi connectivity index (χ3v) is 5.00. The first-order chi connectivity index (χ1) is 13.2. The zero-order chi connectivity index (χ0) is 18.6. The predicted octanol–water partition coefficient (Wildman–Crippen LogP) is -0.145. The lowest BCUT2D eigenvalue weighted by Crippen LogP contribution is -3.00. The second kappa shape index (κ2) is 8.97. The van der Waals surface area contributed by atoms with Crippen LogP contribution in [0.3, 0.4) is 0 Å². The van der Waals surface area contributed by atoms with Crippen molar-refractivity contribution in [2.24, 2.45) is 0 Å². The van der Waals surface area contributed by atoms with E-state index in [1.54, 1.807) is 31.4 Å². The molecule has 146 valence electrons. The number of pyridine rings is 1. The lowest BCUT2D eigenvalue weighted by atomic mass is 10.1. The summed E-state index contributed by atoms with van der Waals surface area (Å²) in [6.07, 6.45) is 8.44. The van der Waals surface area contributed by atoms with Crippen LogP contribution in [0.2, 0.25) is 0 Å². The van der Waals surface area contributed by atoms with E-state index in [1.807, 2.05) is 29.1 Å². The van der Waals surface area contributed by atoms with E-state index in [0.717, 1.165) is 35.9 Å². The van der Waals surface area contributed by atoms with E-state index in [9.17, 15) is 4.79 Å². The molecule has 0 amide bonds. The summed E-state index contributed by atoms with van der Waals surface area (Å²) in [6, 6.07) is 11.2. The number of halogens is 1. The number of carbonyl (C=O) groups is 1. The van der Waals surface area contributed by atoms with Gasteiger partial charge in [-0.15, -0.1) is 10.2 Å². The number of ether oxygens (including phenoxy) is 1. The van der Waals surface area contributed by atoms with Crippen LogP contribution >= 0.6 is 0 Å². The van der Waals surface area contributed by atoms with E-state index in [-0.39, 0.29) is 18.2 Å². The molecule has 4 rings (SSSR count). The second-order valence-corrected chi connectivity index (χ2v) is 6.81. The van der Waals surface area contributed by atoms with E-state index < -0.39 is 0 Å². The molecule has 0 N–H and O–H groups in total. The number of benzene rings is 1. The molecular formula is C21H23ClN4O2. The first-order valence-electron chi connectivity index (χ1n) is 9.33. The van der Waals surface area contributed by atoms with Crippen LogP contribution in [0.5, 0.6) is 5.75 Å². The van der Waals surface area contributed by atoms with Gasteiger partial charge in [0.05, 0.1) is 7.11 Å². The van der Waals surface area contributed by atoms with Gasteiger partial charge in [-0.3, -0.25) is 4.79 Å². The van der Waals surface area contributed by atoms with Crippen molar-refractivity contribution in [3.05, 3.63) is 60.2 Å². The van der Waals surface area contributed by atoms with Gasteiger partial charge in [0.25, 0.3) is 0 Å². The lowest BCUT2D eigenvalue weighted by Gasteiger charge is -2.06. The SMILES string of the molecule is COc1ccc(C(=O)C[n+]2ccc(-c3nnc4n3CCCCC4)cc2)cc1.[Cl-]. The standard InChI is InChI=1S/C21H23N4O2.ClH/c1-27-18-8-6-16(7-9-18)19(26)15-24-13-10-17(11-14-24)21-23-22-20-5-3-2-4-12-25(20)21;/h6-11,13-14H,2-5,12,15H2,1H3;1H/q+1;/p-1. The van der Waals surface area contributed by atoms with Gasteiger partial charge in [-0.2, -0.15) is 4.57 Å². The molecule has 0 bridgehead atoms. The molecule has 0 saturated carbocycles. The normalized spacial score (nSPS) is 13.2. The molecule has 2 aromatic heterocycles. The number of fused-ring (bicyclic) bond motifs is 1. The molecule has 7 heteroatoms. The van der Waals surface area contributed by atoms with Crippen molar-refractivity contribution < 1.29 is 26.5 Å². The molecular weight excluding hydrogens is 376 g/mol. The van der Waals surface area contributed by atoms with Gasteiger partial charge in [-0.25, -0.2) is 0 Å². The summed E-state index contributed by atoms with van der Waals surface area (Å²) in [7, 11) is 1.61. The number of hydrogen-bond acceptors (Lipinski definition) is 4. The molecule has 0 radical (unpaired) electrons. The Hall–Kier alpha value is -2.73. The highest BCUT2D eigenvalue weighted by atomic mass is 35.5. The van der Waals surface area contributed by atoms with Crippen LogP contribution in [0.15, 0.2) is 48.8 Å². The fraction of sp³-hybridized carbons (Fsp3) is 0.333. The van der Waals surface area contributed by atoms with Crippen molar-refractivity contribution in [2.75, 3.05) is 7.11 Å². The smallest absolute Gasteiger partial charge is 0.227 e. The molecule has 0 saturated heterocycles. The Kier molecular flexibility index (Phi) is 6.41. The van der Waals surface area contributed by atoms with Crippen LogP contribution in [0.25, 0.3) is 11.4 Å². The maximum atomic E-state index is 12.5. The highest BCUT2D eigenvalue weighted by Crippen LogP contribution is 2.21. The number of ketones is 1. The molecule has 0 unspecified atom stereocenters. The maximum absolute atomic E-state index is 12.5. The average Bonchev–Trinajstić information content (AvgIpc) is 2.96. The molecule has 3 aromatic rings. The number of rotatable bonds is 5. The highest BCUT2D eigenvalue weighted by Gasteiger charge is 2.17. The molecule has 0 fully saturated rings. The van der Waals surface area contributed by atoms with Crippen LogP contribution in [-0.4, -0.2) is 27.7 Å². The number of aryl methyl sites for hydroxylation is 1. The minimum atomic E-state index is 0. The van der Waals surface area contributed by atoms with Crippen molar-refractivity contribution in [1.29, 1.82) is 0 Å². The number of carbonyl (C=O) groups excluding carboxylic acids is 1. The topological polar surface area (TPSA) is 60.9 Å². The van der Waals surface area contributed by atoms with Gasteiger partial charge >= 0.3 is 0 Å². The third kappa shape index (κ3) is 4.22. The largest absolute Gasteiger partial charge is 1.00 e. The average molecular weight is 399 g/mol. The molecule has 6 nitrogen and oxygen atoms in total. The summed E-state index contributed by atoms with van der Waals surface area (Å²) in [6.45, 7) is 1.27. The Balaban J connectivity index is 0.00000225. The minimum absolute atomic E-state index is 0. The van der Waals surface area contributed by atoms with E-state index in [4.69, 9.17) is 4.74 Å². The first-order valence-corrected chi connectivity index (χ1v) is 9.33. The summed E-state index contributed by atoms with van der Waals surface area (Å²) in [5.74, 6) is 2.80. The first kappa shape index (κ1) is 20.0. The van der Waals surface area contributed by atoms with Crippen molar-refractivity contribution in [1.82, 2.24) is 14.8 Å². The molecule has 1 aliphatic heterocycles. The van der Waals surface area contributed by atoms with Crippen LogP contribution in [0.4, 0.5) is 0 Å². The Morgan fingerprint density at radius 2 is 1.82 bits per heavy atom. The number of Topliss-reactive ketones (excluding diaryl/α,β-unsaturated/α-hetero) is 1. The van der Waals surface area contributed by atoms with Crippen molar-refractivity contribution in [3.63, 3.8) is 0 Å². The number of nitrogens with zero attached hydrogens (tertiary/aromatic N) is 4. The van der Waals surface area contributed by atoms with Gasteiger partial charge in [-0.1, -0.05) is 6.42 Å². The minimum Gasteiger partial charge on any atom is -1.00 e. The van der Waals surface area contributed by atoms with E-state index in [1.165, 1.54) is 19.3 Å². The third-order valence-electron chi connectivity index (χ3n) is 5.00. The van der Waals surface area contributed by atoms with Crippen molar-refractivity contribution in [2.45, 2.75) is 38.8 Å². The molecule has 0 atom stereocenters. The zero-order valence-corrected chi connectivity index (χ0v) is 16.6. The summed E-state index contributed by atoms with van der Waals surface area (Å²) >= 11 is 0. The molecule has 0 spiro atoms. The zero-order valence-electron chi connectivity index (χ0n) is 15.8. The number of methoxy groups -OCH3 is 1. The molecule has 1 aliphatic rings. The monoisotopic (exact) mass is 398 g/mol. The molecule has 0 aliphatic carbocycles. The van der Waals surface area contributed by atoms with Gasteiger partial charge in [0.15, 0.2) is 18.2 Å². The molecule has 28 heavy (non-hydrogen) atoms. The van der Waals surface area contributed by atoms with Crippen LogP contribution < -0.4 is 21.7 Å². The van der Waals surface area contributed by atoms with E-state index in [2.05, 4.69) is 14.8 Å². The fourth-order valence-electron chi connectivity index (χ4n) is 3.44. The Labute approximate surface area is 170 Å². The van der Waals surface area contributed by atoms with Crippen molar-refractivity contribution in [3.8, 4) is 17.1 Å². The number of hydrogen-bond donors (Lipinski definition) is 0. The lowest BCUT2D eigenvalue weighted by molar-refractivity contribution is -0.683. The summed E-state index contributed by atoms with van der Waals surface area (Å²) in [5, 5.41) is 8.75. The highest BCUT2D eigenvalue weighted by molar-refractivity contribution is 5.95. The maximum Gasteiger partial charge on any atom is 0.227 e. The van der Waals surface area contributed by atoms with Gasteiger partial charge in [0.2, 0.25) is 12.3 Å². The summed E-state index contributed by atoms with van der Waals surface area (Å²) in [4.78, 5) is 12.5. The van der Waals surface area contributed by atoms with Gasteiger partial charge in [-0.05, 0) is 37.1 Å². The fourth-order valence-corrected chi connectivity index (χ4v) is 3.44. The van der Waals surface area contributed by atoms with Crippen LogP contribution in [0, 0.1) is 0 Å². The van der Waals surface area contributed by atoms with Gasteiger partial charge in [0.1, 0.15) is 11.6 Å². The Morgan fingerprint density at radius 3 is 2.54 bits per heavy atom. The van der Waals surface area contributed by atoms with Gasteiger partial charge in [0, 0.05) is 36.2 Å². The molecule has 3 heterocycles. The Bertz CT molecular complexity index is 936. The quantitative estimate of drug-likeness (QED) is 0.443. The van der Waals surface area contributed by atoms with Crippen LogP contribution in [-0.2, 0) is 19.5 Å². The van der Waals surface area contributed by atoms with Crippen LogP contribution in [0.1, 0.15) is 35.4 Å². The van der Waals surface area contributed by atoms with Crippen molar-refractivity contribution >= 4 is 5.78 Å². The predicted molar refractivity (Wildman–Crippen MR) is 101 cm³/mol. The summed E-state index contributed by atoms with van der Waals surface area (Å²) in [5.41, 5.74) is 1.71. The van der Waals surface area contributed by atoms with E-state index >= 15 is 0 Å². The summed E-state index contributed by atoms with van der Waals surface area (Å²) < 4.78 is 9.25. The number of aromatic nitrogens is 4. The molecule has 1 aromatic carbocycles.